The molecule has 2 aromatic rings. The normalized spacial score (nSPS) is 24.2. The summed E-state index contributed by atoms with van der Waals surface area (Å²) in [6.45, 7) is 5.98. The van der Waals surface area contributed by atoms with Gasteiger partial charge in [-0.2, -0.15) is 0 Å². The van der Waals surface area contributed by atoms with Gasteiger partial charge >= 0.3 is 5.69 Å². The Morgan fingerprint density at radius 1 is 1.00 bits per heavy atom. The first-order valence-electron chi connectivity index (χ1n) is 12.6. The first-order chi connectivity index (χ1) is 15.2. The quantitative estimate of drug-likeness (QED) is 0.585. The van der Waals surface area contributed by atoms with Gasteiger partial charge < -0.3 is 9.69 Å². The smallest absolute Gasteiger partial charge is 0.303 e. The Morgan fingerprint density at radius 2 is 1.71 bits per heavy atom. The average molecular weight is 426 g/mol. The topological polar surface area (TPSA) is 47.2 Å². The molecule has 1 aliphatic carbocycles. The molecule has 0 amide bonds. The third-order valence-corrected chi connectivity index (χ3v) is 7.69. The van der Waals surface area contributed by atoms with Crippen LogP contribution in [-0.4, -0.2) is 40.0 Å². The maximum absolute atomic E-state index is 13.3. The zero-order valence-electron chi connectivity index (χ0n) is 19.2. The second-order valence-corrected chi connectivity index (χ2v) is 9.72. The summed E-state index contributed by atoms with van der Waals surface area (Å²) in [6.07, 6.45) is 13.2. The van der Waals surface area contributed by atoms with Crippen LogP contribution in [0.15, 0.2) is 29.1 Å². The summed E-state index contributed by atoms with van der Waals surface area (Å²) >= 11 is 0. The number of hydrogen-bond donors (Lipinski definition) is 0. The molecular weight excluding hydrogens is 386 g/mol. The molecule has 31 heavy (non-hydrogen) atoms. The molecule has 5 heteroatoms. The van der Waals surface area contributed by atoms with Gasteiger partial charge in [-0.05, 0) is 56.6 Å². The number of carbonyl (C=O) groups excluding carboxylic acids is 1. The molecule has 1 saturated carbocycles. The minimum absolute atomic E-state index is 0.110. The van der Waals surface area contributed by atoms with Crippen molar-refractivity contribution >= 4 is 17.3 Å². The van der Waals surface area contributed by atoms with E-state index in [1.165, 1.54) is 51.5 Å². The number of aldehydes is 1. The van der Waals surface area contributed by atoms with Crippen LogP contribution < -0.4 is 5.69 Å². The van der Waals surface area contributed by atoms with Gasteiger partial charge in [-0.15, -0.1) is 0 Å². The number of imidazole rings is 1. The Balaban J connectivity index is 1.55. The zero-order valence-corrected chi connectivity index (χ0v) is 19.2. The molecule has 1 aliphatic heterocycles. The standard InChI is InChI=1S/C26H39N3O2/c1-2-28-24-14-8-9-15-25(24)29(26(28)31)23-16-17-27(20-22(23)13-10-18-30)19-21-11-6-4-3-5-7-12-21/h8-9,14-15,18,21-23H,2-7,10-13,16-17,19-20H2,1H3. The van der Waals surface area contributed by atoms with Crippen LogP contribution in [0.5, 0.6) is 0 Å². The van der Waals surface area contributed by atoms with Crippen molar-refractivity contribution in [3.8, 4) is 0 Å². The van der Waals surface area contributed by atoms with Crippen molar-refractivity contribution < 1.29 is 4.79 Å². The van der Waals surface area contributed by atoms with Crippen LogP contribution in [0.3, 0.4) is 0 Å². The van der Waals surface area contributed by atoms with Gasteiger partial charge in [-0.1, -0.05) is 44.2 Å². The van der Waals surface area contributed by atoms with Crippen LogP contribution in [0.1, 0.15) is 77.2 Å². The second-order valence-electron chi connectivity index (χ2n) is 9.72. The lowest BCUT2D eigenvalue weighted by atomic mass is 9.86. The van der Waals surface area contributed by atoms with E-state index >= 15 is 0 Å². The number of hydrogen-bond acceptors (Lipinski definition) is 3. The predicted octanol–water partition coefficient (Wildman–Crippen LogP) is 5.03. The lowest BCUT2D eigenvalue weighted by molar-refractivity contribution is -0.108. The van der Waals surface area contributed by atoms with Gasteiger partial charge in [0, 0.05) is 38.6 Å². The van der Waals surface area contributed by atoms with E-state index in [1.54, 1.807) is 0 Å². The fourth-order valence-electron chi connectivity index (χ4n) is 6.11. The van der Waals surface area contributed by atoms with Crippen molar-refractivity contribution in [2.24, 2.45) is 11.8 Å². The summed E-state index contributed by atoms with van der Waals surface area (Å²) in [4.78, 5) is 27.2. The third-order valence-electron chi connectivity index (χ3n) is 7.69. The van der Waals surface area contributed by atoms with Crippen LogP contribution in [0.4, 0.5) is 0 Å². The van der Waals surface area contributed by atoms with Crippen molar-refractivity contribution in [2.75, 3.05) is 19.6 Å². The molecule has 1 aromatic carbocycles. The van der Waals surface area contributed by atoms with Crippen LogP contribution in [0.25, 0.3) is 11.0 Å². The van der Waals surface area contributed by atoms with E-state index in [9.17, 15) is 9.59 Å². The van der Waals surface area contributed by atoms with Gasteiger partial charge in [-0.25, -0.2) is 4.79 Å². The number of para-hydroxylation sites is 2. The Bertz CT molecular complexity index is 907. The Hall–Kier alpha value is -1.88. The maximum Gasteiger partial charge on any atom is 0.329 e. The largest absolute Gasteiger partial charge is 0.329 e. The number of benzene rings is 1. The van der Waals surface area contributed by atoms with Gasteiger partial charge in [-0.3, -0.25) is 9.13 Å². The summed E-state index contributed by atoms with van der Waals surface area (Å²) in [7, 11) is 0. The highest BCUT2D eigenvalue weighted by Gasteiger charge is 2.33. The van der Waals surface area contributed by atoms with Gasteiger partial charge in [0.1, 0.15) is 6.29 Å². The molecule has 0 radical (unpaired) electrons. The SMILES string of the molecule is CCn1c(=O)n(C2CCN(CC3CCCCCCC3)CC2CCC=O)c2ccccc21. The summed E-state index contributed by atoms with van der Waals surface area (Å²) in [5.74, 6) is 1.16. The van der Waals surface area contributed by atoms with E-state index in [0.29, 0.717) is 18.9 Å². The van der Waals surface area contributed by atoms with Crippen molar-refractivity contribution in [1.82, 2.24) is 14.0 Å². The fourth-order valence-corrected chi connectivity index (χ4v) is 6.11. The second kappa shape index (κ2) is 10.6. The Morgan fingerprint density at radius 3 is 2.42 bits per heavy atom. The molecule has 2 atom stereocenters. The number of nitrogens with zero attached hydrogens (tertiary/aromatic N) is 3. The molecule has 2 fully saturated rings. The third kappa shape index (κ3) is 4.97. The van der Waals surface area contributed by atoms with Gasteiger partial charge in [0.2, 0.25) is 0 Å². The number of likely N-dealkylation sites (tertiary alicyclic amines) is 1. The molecule has 5 nitrogen and oxygen atoms in total. The highest BCUT2D eigenvalue weighted by Crippen LogP contribution is 2.34. The van der Waals surface area contributed by atoms with E-state index < -0.39 is 0 Å². The van der Waals surface area contributed by atoms with Gasteiger partial charge in [0.25, 0.3) is 0 Å². The van der Waals surface area contributed by atoms with Gasteiger partial charge in [0.15, 0.2) is 0 Å². The zero-order chi connectivity index (χ0) is 21.6. The van der Waals surface area contributed by atoms with Crippen LogP contribution in [-0.2, 0) is 11.3 Å². The molecule has 2 unspecified atom stereocenters. The summed E-state index contributed by atoms with van der Waals surface area (Å²) in [6, 6.07) is 8.36. The van der Waals surface area contributed by atoms with E-state index in [2.05, 4.69) is 21.6 Å². The fraction of sp³-hybridized carbons (Fsp3) is 0.692. The van der Waals surface area contributed by atoms with E-state index in [0.717, 1.165) is 49.2 Å². The van der Waals surface area contributed by atoms with E-state index in [1.807, 2.05) is 23.6 Å². The van der Waals surface area contributed by atoms with Crippen LogP contribution in [0, 0.1) is 11.8 Å². The Kier molecular flexibility index (Phi) is 7.65. The molecule has 0 spiro atoms. The monoisotopic (exact) mass is 425 g/mol. The average Bonchev–Trinajstić information content (AvgIpc) is 3.05. The van der Waals surface area contributed by atoms with Crippen molar-refractivity contribution in [3.05, 3.63) is 34.7 Å². The lowest BCUT2D eigenvalue weighted by Crippen LogP contribution is -2.45. The first-order valence-corrected chi connectivity index (χ1v) is 12.6. The lowest BCUT2D eigenvalue weighted by Gasteiger charge is -2.40. The summed E-state index contributed by atoms with van der Waals surface area (Å²) < 4.78 is 3.95. The number of aromatic nitrogens is 2. The highest BCUT2D eigenvalue weighted by molar-refractivity contribution is 5.76. The molecule has 1 aromatic heterocycles. The molecule has 0 N–H and O–H groups in total. The summed E-state index contributed by atoms with van der Waals surface area (Å²) in [5.41, 5.74) is 2.18. The van der Waals surface area contributed by atoms with Crippen LogP contribution >= 0.6 is 0 Å². The molecule has 4 rings (SSSR count). The first kappa shape index (κ1) is 22.3. The minimum Gasteiger partial charge on any atom is -0.303 e. The van der Waals surface area contributed by atoms with Crippen molar-refractivity contribution in [3.63, 3.8) is 0 Å². The van der Waals surface area contributed by atoms with E-state index in [4.69, 9.17) is 0 Å². The number of rotatable bonds is 7. The number of carbonyl (C=O) groups is 1. The predicted molar refractivity (Wildman–Crippen MR) is 127 cm³/mol. The maximum atomic E-state index is 13.3. The van der Waals surface area contributed by atoms with Gasteiger partial charge in [0.05, 0.1) is 11.0 Å². The molecule has 2 heterocycles. The number of fused-ring (bicyclic) bond motifs is 1. The minimum atomic E-state index is 0.110. The Labute approximate surface area is 186 Å². The van der Waals surface area contributed by atoms with Crippen molar-refractivity contribution in [1.29, 1.82) is 0 Å². The van der Waals surface area contributed by atoms with Crippen molar-refractivity contribution in [2.45, 2.75) is 83.7 Å². The molecular formula is C26H39N3O2. The van der Waals surface area contributed by atoms with E-state index in [-0.39, 0.29) is 11.7 Å². The summed E-state index contributed by atoms with van der Waals surface area (Å²) in [5, 5.41) is 0. The highest BCUT2D eigenvalue weighted by atomic mass is 16.1. The molecule has 2 aliphatic rings. The van der Waals surface area contributed by atoms with Crippen LogP contribution in [0.2, 0.25) is 0 Å². The molecule has 0 bridgehead atoms. The molecule has 1 saturated heterocycles. The number of aryl methyl sites for hydroxylation is 1. The number of piperidine rings is 1. The molecule has 170 valence electrons.